The summed E-state index contributed by atoms with van der Waals surface area (Å²) < 4.78 is 14.6. The van der Waals surface area contributed by atoms with Crippen molar-refractivity contribution in [2.45, 2.75) is 0 Å². The molecule has 0 radical (unpaired) electrons. The summed E-state index contributed by atoms with van der Waals surface area (Å²) in [5, 5.41) is 11.6. The van der Waals surface area contributed by atoms with Crippen LogP contribution in [-0.4, -0.2) is 72.2 Å². The number of aromatic nitrogens is 8. The Hall–Kier alpha value is -4.77. The summed E-state index contributed by atoms with van der Waals surface area (Å²) in [4.78, 5) is 27.5. The van der Waals surface area contributed by atoms with Crippen LogP contribution in [0.25, 0.3) is 56.1 Å². The summed E-state index contributed by atoms with van der Waals surface area (Å²) in [6.07, 6.45) is 8.28. The molecule has 6 rings (SSSR count). The number of halogens is 1. The summed E-state index contributed by atoms with van der Waals surface area (Å²) >= 11 is 0. The van der Waals surface area contributed by atoms with Gasteiger partial charge >= 0.3 is 0 Å². The molecular weight excluding hydrogens is 471 g/mol. The van der Waals surface area contributed by atoms with Crippen LogP contribution in [0.2, 0.25) is 0 Å². The fourth-order valence-electron chi connectivity index (χ4n) is 4.20. The SMILES string of the molecule is CN(C)CCNc1cc(F)cc(-c2ccnc3nc(-c4n[nH]c5cnc(-c6cnccn6)cc45)[nH]c23)c1. The van der Waals surface area contributed by atoms with Gasteiger partial charge in [0.15, 0.2) is 11.5 Å². The van der Waals surface area contributed by atoms with E-state index in [0.717, 1.165) is 28.6 Å². The van der Waals surface area contributed by atoms with Crippen LogP contribution in [0.15, 0.2) is 61.3 Å². The summed E-state index contributed by atoms with van der Waals surface area (Å²) in [6.45, 7) is 1.54. The molecule has 0 fully saturated rings. The average molecular weight is 495 g/mol. The van der Waals surface area contributed by atoms with Crippen LogP contribution >= 0.6 is 0 Å². The van der Waals surface area contributed by atoms with Crippen LogP contribution in [0, 0.1) is 5.82 Å². The van der Waals surface area contributed by atoms with Crippen LogP contribution in [0.5, 0.6) is 0 Å². The number of pyridine rings is 2. The van der Waals surface area contributed by atoms with Crippen molar-refractivity contribution in [1.29, 1.82) is 0 Å². The van der Waals surface area contributed by atoms with Gasteiger partial charge in [-0.25, -0.2) is 14.4 Å². The van der Waals surface area contributed by atoms with E-state index in [2.05, 4.69) is 45.3 Å². The minimum absolute atomic E-state index is 0.322. The maximum Gasteiger partial charge on any atom is 0.178 e. The van der Waals surface area contributed by atoms with Crippen LogP contribution in [0.3, 0.4) is 0 Å². The predicted octanol–water partition coefficient (Wildman–Crippen LogP) is 4.13. The molecule has 1 aromatic carbocycles. The molecule has 0 amide bonds. The molecule has 0 aliphatic rings. The van der Waals surface area contributed by atoms with Crippen LogP contribution < -0.4 is 5.32 Å². The number of rotatable bonds is 7. The Kier molecular flexibility index (Phi) is 5.73. The van der Waals surface area contributed by atoms with E-state index in [1.54, 1.807) is 31.0 Å². The highest BCUT2D eigenvalue weighted by Gasteiger charge is 2.17. The quantitative estimate of drug-likeness (QED) is 0.303. The first-order valence-corrected chi connectivity index (χ1v) is 11.7. The second-order valence-electron chi connectivity index (χ2n) is 8.88. The monoisotopic (exact) mass is 494 g/mol. The molecule has 5 aromatic heterocycles. The van der Waals surface area contributed by atoms with Gasteiger partial charge in [-0.05, 0) is 50.0 Å². The molecule has 0 unspecified atom stereocenters. The van der Waals surface area contributed by atoms with Gasteiger partial charge in [0.25, 0.3) is 0 Å². The molecule has 37 heavy (non-hydrogen) atoms. The molecule has 10 nitrogen and oxygen atoms in total. The molecule has 0 aliphatic carbocycles. The third kappa shape index (κ3) is 4.47. The van der Waals surface area contributed by atoms with Gasteiger partial charge in [-0.2, -0.15) is 5.10 Å². The summed E-state index contributed by atoms with van der Waals surface area (Å²) in [5.41, 5.74) is 6.14. The van der Waals surface area contributed by atoms with Crippen molar-refractivity contribution in [3.63, 3.8) is 0 Å². The first-order valence-electron chi connectivity index (χ1n) is 11.7. The minimum atomic E-state index is -0.322. The molecule has 0 bridgehead atoms. The normalized spacial score (nSPS) is 11.6. The Labute approximate surface area is 211 Å². The number of imidazole rings is 1. The molecule has 5 heterocycles. The van der Waals surface area contributed by atoms with Gasteiger partial charge in [-0.3, -0.25) is 20.1 Å². The molecule has 184 valence electrons. The molecular formula is C26H23FN10. The standard InChI is InChI=1S/C26H23FN10/c1-37(2)8-7-29-17-10-15(9-16(27)11-17)18-3-4-31-25-23(18)33-26(34-25)24-19-12-20(22-13-28-5-6-30-22)32-14-21(19)35-36-24/h3-6,9-14,29H,7-8H2,1-2H3,(H,35,36)(H,31,33,34). The van der Waals surface area contributed by atoms with E-state index in [-0.39, 0.29) is 5.82 Å². The molecule has 6 aromatic rings. The van der Waals surface area contributed by atoms with Gasteiger partial charge in [-0.15, -0.1) is 0 Å². The van der Waals surface area contributed by atoms with Crippen LogP contribution in [0.4, 0.5) is 10.1 Å². The average Bonchev–Trinajstić information content (AvgIpc) is 3.52. The maximum atomic E-state index is 14.6. The molecule has 0 atom stereocenters. The van der Waals surface area contributed by atoms with Gasteiger partial charge in [0.2, 0.25) is 0 Å². The number of hydrogen-bond donors (Lipinski definition) is 3. The van der Waals surface area contributed by atoms with E-state index in [9.17, 15) is 4.39 Å². The molecule has 0 saturated carbocycles. The first kappa shape index (κ1) is 22.7. The predicted molar refractivity (Wildman–Crippen MR) is 140 cm³/mol. The van der Waals surface area contributed by atoms with Crippen molar-refractivity contribution in [3.05, 3.63) is 67.1 Å². The fraction of sp³-hybridized carbons (Fsp3) is 0.154. The third-order valence-corrected chi connectivity index (χ3v) is 5.99. The Morgan fingerprint density at radius 1 is 0.973 bits per heavy atom. The van der Waals surface area contributed by atoms with Crippen molar-refractivity contribution in [1.82, 2.24) is 45.0 Å². The maximum absolute atomic E-state index is 14.6. The lowest BCUT2D eigenvalue weighted by atomic mass is 10.0. The minimum Gasteiger partial charge on any atom is -0.384 e. The van der Waals surface area contributed by atoms with Crippen molar-refractivity contribution < 1.29 is 4.39 Å². The summed E-state index contributed by atoms with van der Waals surface area (Å²) in [5.74, 6) is 0.218. The second-order valence-corrected chi connectivity index (χ2v) is 8.88. The summed E-state index contributed by atoms with van der Waals surface area (Å²) in [7, 11) is 4.00. The Morgan fingerprint density at radius 2 is 1.89 bits per heavy atom. The van der Waals surface area contributed by atoms with E-state index < -0.39 is 0 Å². The fourth-order valence-corrected chi connectivity index (χ4v) is 4.20. The lowest BCUT2D eigenvalue weighted by Gasteiger charge is -2.13. The molecule has 0 saturated heterocycles. The number of H-pyrrole nitrogens is 2. The van der Waals surface area contributed by atoms with E-state index in [1.807, 2.05) is 32.3 Å². The zero-order valence-corrected chi connectivity index (χ0v) is 20.2. The molecule has 0 spiro atoms. The highest BCUT2D eigenvalue weighted by atomic mass is 19.1. The highest BCUT2D eigenvalue weighted by Crippen LogP contribution is 2.32. The molecule has 11 heteroatoms. The Balaban J connectivity index is 1.41. The largest absolute Gasteiger partial charge is 0.384 e. The third-order valence-electron chi connectivity index (χ3n) is 5.99. The Bertz CT molecular complexity index is 1710. The lowest BCUT2D eigenvalue weighted by molar-refractivity contribution is 0.425. The lowest BCUT2D eigenvalue weighted by Crippen LogP contribution is -2.20. The number of benzene rings is 1. The van der Waals surface area contributed by atoms with Crippen LogP contribution in [-0.2, 0) is 0 Å². The topological polar surface area (TPSA) is 124 Å². The number of fused-ring (bicyclic) bond motifs is 2. The van der Waals surface area contributed by atoms with Gasteiger partial charge in [0.1, 0.15) is 17.2 Å². The number of aromatic amines is 2. The van der Waals surface area contributed by atoms with E-state index in [1.165, 1.54) is 12.1 Å². The Morgan fingerprint density at radius 3 is 2.73 bits per heavy atom. The molecule has 0 aliphatic heterocycles. The van der Waals surface area contributed by atoms with E-state index in [0.29, 0.717) is 46.3 Å². The number of nitrogens with zero attached hydrogens (tertiary/aromatic N) is 7. The van der Waals surface area contributed by atoms with Crippen molar-refractivity contribution >= 4 is 27.8 Å². The zero-order valence-electron chi connectivity index (χ0n) is 20.2. The zero-order chi connectivity index (χ0) is 25.4. The van der Waals surface area contributed by atoms with Crippen LogP contribution in [0.1, 0.15) is 0 Å². The number of nitrogens with one attached hydrogen (secondary N) is 3. The number of anilines is 1. The number of likely N-dealkylation sites (N-methyl/N-ethyl adjacent to an activating group) is 1. The number of hydrogen-bond acceptors (Lipinski definition) is 8. The second kappa shape index (κ2) is 9.36. The smallest absolute Gasteiger partial charge is 0.178 e. The van der Waals surface area contributed by atoms with Gasteiger partial charge in [0, 0.05) is 48.3 Å². The first-order chi connectivity index (χ1) is 18.0. The van der Waals surface area contributed by atoms with Gasteiger partial charge < -0.3 is 15.2 Å². The highest BCUT2D eigenvalue weighted by molar-refractivity contribution is 5.96. The van der Waals surface area contributed by atoms with Gasteiger partial charge in [-0.1, -0.05) is 0 Å². The van der Waals surface area contributed by atoms with Gasteiger partial charge in [0.05, 0.1) is 29.1 Å². The van der Waals surface area contributed by atoms with Crippen molar-refractivity contribution in [2.75, 3.05) is 32.5 Å². The van der Waals surface area contributed by atoms with E-state index in [4.69, 9.17) is 4.98 Å². The summed E-state index contributed by atoms with van der Waals surface area (Å²) in [6, 6.07) is 8.68. The molecule has 3 N–H and O–H groups in total. The van der Waals surface area contributed by atoms with Crippen molar-refractivity contribution in [2.24, 2.45) is 0 Å². The van der Waals surface area contributed by atoms with E-state index >= 15 is 0 Å². The van der Waals surface area contributed by atoms with Crippen molar-refractivity contribution in [3.8, 4) is 34.0 Å².